The number of hydrogen-bond acceptors (Lipinski definition) is 3. The third-order valence-corrected chi connectivity index (χ3v) is 5.21. The molecule has 3 heteroatoms. The Morgan fingerprint density at radius 1 is 1.25 bits per heavy atom. The molecule has 4 bridgehead atoms. The van der Waals surface area contributed by atoms with Gasteiger partial charge in [-0.25, -0.2) is 0 Å². The van der Waals surface area contributed by atoms with E-state index in [1.54, 1.807) is 0 Å². The normalized spacial score (nSPS) is 54.1. The number of carbonyl (C=O) groups excluding carboxylic acids is 1. The van der Waals surface area contributed by atoms with Crippen molar-refractivity contribution in [1.29, 1.82) is 0 Å². The molecule has 0 radical (unpaired) electrons. The molecule has 16 heavy (non-hydrogen) atoms. The van der Waals surface area contributed by atoms with Gasteiger partial charge >= 0.3 is 5.97 Å². The lowest BCUT2D eigenvalue weighted by Crippen LogP contribution is -2.68. The van der Waals surface area contributed by atoms with Crippen molar-refractivity contribution in [2.75, 3.05) is 0 Å². The maximum absolute atomic E-state index is 11.2. The Morgan fingerprint density at radius 3 is 2.25 bits per heavy atom. The van der Waals surface area contributed by atoms with Crippen LogP contribution in [0.25, 0.3) is 0 Å². The van der Waals surface area contributed by atoms with E-state index in [4.69, 9.17) is 4.74 Å². The molecule has 0 aliphatic heterocycles. The second-order valence-electron chi connectivity index (χ2n) is 6.28. The first-order valence-electron chi connectivity index (χ1n) is 6.35. The average Bonchev–Trinajstić information content (AvgIpc) is 2.12. The second-order valence-corrected chi connectivity index (χ2v) is 6.28. The van der Waals surface area contributed by atoms with E-state index in [0.717, 1.165) is 25.7 Å². The molecule has 90 valence electrons. The number of esters is 1. The first-order valence-corrected chi connectivity index (χ1v) is 6.35. The largest absolute Gasteiger partial charge is 0.456 e. The van der Waals surface area contributed by atoms with Crippen LogP contribution in [0.3, 0.4) is 0 Å². The minimum atomic E-state index is -0.757. The van der Waals surface area contributed by atoms with Crippen LogP contribution in [0.5, 0.6) is 0 Å². The van der Waals surface area contributed by atoms with E-state index in [2.05, 4.69) is 0 Å². The summed E-state index contributed by atoms with van der Waals surface area (Å²) in [4.78, 5) is 11.2. The fourth-order valence-corrected chi connectivity index (χ4v) is 4.65. The summed E-state index contributed by atoms with van der Waals surface area (Å²) in [5.74, 6) is 1.42. The fraction of sp³-hybridized carbons (Fsp3) is 0.923. The lowest BCUT2D eigenvalue weighted by atomic mass is 9.48. The molecule has 4 rings (SSSR count). The van der Waals surface area contributed by atoms with Crippen LogP contribution in [0.2, 0.25) is 0 Å². The molecule has 0 aromatic heterocycles. The van der Waals surface area contributed by atoms with E-state index in [1.165, 1.54) is 13.3 Å². The van der Waals surface area contributed by atoms with Gasteiger partial charge in [0.05, 0.1) is 0 Å². The summed E-state index contributed by atoms with van der Waals surface area (Å²) < 4.78 is 5.53. The van der Waals surface area contributed by atoms with Crippen LogP contribution < -0.4 is 0 Å². The Bertz CT molecular complexity index is 324. The minimum absolute atomic E-state index is 0.261. The van der Waals surface area contributed by atoms with Gasteiger partial charge in [0.25, 0.3) is 0 Å². The zero-order chi connectivity index (χ0) is 11.6. The summed E-state index contributed by atoms with van der Waals surface area (Å²) in [6.07, 6.45) is 5.17. The predicted octanol–water partition coefficient (Wildman–Crippen LogP) is 1.88. The summed E-state index contributed by atoms with van der Waals surface area (Å²) in [6, 6.07) is 0. The summed E-state index contributed by atoms with van der Waals surface area (Å²) in [7, 11) is 0. The van der Waals surface area contributed by atoms with Crippen LogP contribution in [0.4, 0.5) is 0 Å². The van der Waals surface area contributed by atoms with E-state index in [1.807, 2.05) is 6.92 Å². The molecule has 3 nitrogen and oxygen atoms in total. The number of carbonyl (C=O) groups is 1. The number of aliphatic hydroxyl groups is 1. The molecule has 0 heterocycles. The second kappa shape index (κ2) is 3.00. The molecule has 0 spiro atoms. The van der Waals surface area contributed by atoms with E-state index in [-0.39, 0.29) is 5.97 Å². The van der Waals surface area contributed by atoms with E-state index in [0.29, 0.717) is 17.8 Å². The zero-order valence-corrected chi connectivity index (χ0v) is 10.0. The van der Waals surface area contributed by atoms with Gasteiger partial charge in [-0.3, -0.25) is 4.79 Å². The first kappa shape index (κ1) is 10.6. The summed E-state index contributed by atoms with van der Waals surface area (Å²) in [5, 5.41) is 10.8. The fourth-order valence-electron chi connectivity index (χ4n) is 4.65. The van der Waals surface area contributed by atoms with Crippen LogP contribution in [0.1, 0.15) is 46.0 Å². The van der Waals surface area contributed by atoms with Gasteiger partial charge in [-0.15, -0.1) is 0 Å². The van der Waals surface area contributed by atoms with Crippen LogP contribution in [-0.4, -0.2) is 22.3 Å². The van der Waals surface area contributed by atoms with Crippen molar-refractivity contribution in [3.05, 3.63) is 0 Å². The van der Waals surface area contributed by atoms with Gasteiger partial charge in [-0.1, -0.05) is 0 Å². The molecule has 4 aliphatic carbocycles. The standard InChI is InChI=1S/C13H20O3/c1-8(14)16-12(2)11-4-9-3-10(5-11)7-13(12,15)6-9/h9-11,15H,3-7H2,1-2H3. The topological polar surface area (TPSA) is 46.5 Å². The van der Waals surface area contributed by atoms with Gasteiger partial charge in [0, 0.05) is 12.8 Å². The molecule has 0 aromatic carbocycles. The van der Waals surface area contributed by atoms with E-state index >= 15 is 0 Å². The Kier molecular flexibility index (Phi) is 1.99. The molecule has 4 aliphatic rings. The third-order valence-electron chi connectivity index (χ3n) is 5.21. The van der Waals surface area contributed by atoms with Gasteiger partial charge in [0.2, 0.25) is 0 Å². The highest BCUT2D eigenvalue weighted by atomic mass is 16.6. The van der Waals surface area contributed by atoms with Crippen molar-refractivity contribution < 1.29 is 14.6 Å². The highest BCUT2D eigenvalue weighted by molar-refractivity contribution is 5.66. The Labute approximate surface area is 96.2 Å². The molecule has 4 fully saturated rings. The van der Waals surface area contributed by atoms with Crippen molar-refractivity contribution in [3.63, 3.8) is 0 Å². The Balaban J connectivity index is 1.96. The van der Waals surface area contributed by atoms with Crippen molar-refractivity contribution in [1.82, 2.24) is 0 Å². The first-order chi connectivity index (χ1) is 7.43. The SMILES string of the molecule is CC(=O)OC1(C)C2CC3CC(C2)CC1(O)C3. The number of ether oxygens (including phenoxy) is 1. The Morgan fingerprint density at radius 2 is 1.81 bits per heavy atom. The molecule has 0 aromatic rings. The maximum atomic E-state index is 11.2. The van der Waals surface area contributed by atoms with Crippen molar-refractivity contribution in [2.45, 2.75) is 57.2 Å². The molecular formula is C13H20O3. The van der Waals surface area contributed by atoms with E-state index in [9.17, 15) is 9.90 Å². The van der Waals surface area contributed by atoms with Crippen LogP contribution in [0.15, 0.2) is 0 Å². The van der Waals surface area contributed by atoms with Crippen LogP contribution in [0, 0.1) is 17.8 Å². The minimum Gasteiger partial charge on any atom is -0.456 e. The van der Waals surface area contributed by atoms with Gasteiger partial charge < -0.3 is 9.84 Å². The molecular weight excluding hydrogens is 204 g/mol. The molecule has 1 N–H and O–H groups in total. The van der Waals surface area contributed by atoms with Crippen molar-refractivity contribution in [2.24, 2.45) is 17.8 Å². The third kappa shape index (κ3) is 1.21. The predicted molar refractivity (Wildman–Crippen MR) is 58.7 cm³/mol. The molecule has 3 atom stereocenters. The molecule has 3 unspecified atom stereocenters. The smallest absolute Gasteiger partial charge is 0.303 e. The van der Waals surface area contributed by atoms with Gasteiger partial charge in [-0.05, 0) is 50.9 Å². The monoisotopic (exact) mass is 224 g/mol. The maximum Gasteiger partial charge on any atom is 0.303 e. The number of rotatable bonds is 1. The highest BCUT2D eigenvalue weighted by Gasteiger charge is 2.65. The highest BCUT2D eigenvalue weighted by Crippen LogP contribution is 2.61. The van der Waals surface area contributed by atoms with Crippen LogP contribution >= 0.6 is 0 Å². The Hall–Kier alpha value is -0.570. The summed E-state index contributed by atoms with van der Waals surface area (Å²) >= 11 is 0. The zero-order valence-electron chi connectivity index (χ0n) is 10.0. The summed E-state index contributed by atoms with van der Waals surface area (Å²) in [5.41, 5.74) is -1.39. The number of hydrogen-bond donors (Lipinski definition) is 1. The summed E-state index contributed by atoms with van der Waals surface area (Å²) in [6.45, 7) is 3.39. The molecule has 4 saturated carbocycles. The van der Waals surface area contributed by atoms with Crippen molar-refractivity contribution in [3.8, 4) is 0 Å². The average molecular weight is 224 g/mol. The van der Waals surface area contributed by atoms with Crippen LogP contribution in [-0.2, 0) is 9.53 Å². The lowest BCUT2D eigenvalue weighted by Gasteiger charge is -2.63. The van der Waals surface area contributed by atoms with Gasteiger partial charge in [0.15, 0.2) is 0 Å². The van der Waals surface area contributed by atoms with Gasteiger partial charge in [-0.2, -0.15) is 0 Å². The quantitative estimate of drug-likeness (QED) is 0.692. The van der Waals surface area contributed by atoms with Crippen molar-refractivity contribution >= 4 is 5.97 Å². The molecule has 0 amide bonds. The molecule has 0 saturated heterocycles. The van der Waals surface area contributed by atoms with E-state index < -0.39 is 11.2 Å². The lowest BCUT2D eigenvalue weighted by molar-refractivity contribution is -0.268. The van der Waals surface area contributed by atoms with Gasteiger partial charge in [0.1, 0.15) is 11.2 Å².